The number of aryl methyl sites for hydroxylation is 1. The first kappa shape index (κ1) is 22.9. The highest BCUT2D eigenvalue weighted by Crippen LogP contribution is 2.22. The minimum Gasteiger partial charge on any atom is -0.494 e. The van der Waals surface area contributed by atoms with Gasteiger partial charge in [0.25, 0.3) is 0 Å². The molecule has 0 radical (unpaired) electrons. The second-order valence-electron chi connectivity index (χ2n) is 7.04. The Labute approximate surface area is 173 Å². The summed E-state index contributed by atoms with van der Waals surface area (Å²) in [4.78, 5) is 12.9. The van der Waals surface area contributed by atoms with Gasteiger partial charge in [-0.2, -0.15) is 4.72 Å². The molecular formula is C22H30N2O4S. The standard InChI is InChI=1S/C22H30N2O4S/c1-5-17(4)23-22(25)20(15-18-10-8-7-9-11-18)24-29(26,27)19-12-13-21(28-6-2)16(3)14-19/h7-14,17,20,24H,5-6,15H2,1-4H3,(H,23,25)/t17-,20+/m0/s1. The van der Waals surface area contributed by atoms with Gasteiger partial charge in [-0.05, 0) is 62.9 Å². The number of hydrogen-bond acceptors (Lipinski definition) is 4. The third kappa shape index (κ3) is 6.58. The lowest BCUT2D eigenvalue weighted by atomic mass is 10.1. The van der Waals surface area contributed by atoms with E-state index in [9.17, 15) is 13.2 Å². The molecule has 7 heteroatoms. The largest absolute Gasteiger partial charge is 0.494 e. The monoisotopic (exact) mass is 418 g/mol. The zero-order chi connectivity index (χ0) is 21.4. The van der Waals surface area contributed by atoms with E-state index in [1.54, 1.807) is 19.1 Å². The smallest absolute Gasteiger partial charge is 0.241 e. The number of ether oxygens (including phenoxy) is 1. The van der Waals surface area contributed by atoms with Gasteiger partial charge in [0.2, 0.25) is 15.9 Å². The van der Waals surface area contributed by atoms with E-state index in [2.05, 4.69) is 10.0 Å². The second-order valence-corrected chi connectivity index (χ2v) is 8.76. The van der Waals surface area contributed by atoms with Gasteiger partial charge >= 0.3 is 0 Å². The minimum absolute atomic E-state index is 0.0435. The van der Waals surface area contributed by atoms with E-state index in [1.165, 1.54) is 6.07 Å². The fourth-order valence-electron chi connectivity index (χ4n) is 2.85. The van der Waals surface area contributed by atoms with Crippen LogP contribution in [0.25, 0.3) is 0 Å². The summed E-state index contributed by atoms with van der Waals surface area (Å²) < 4.78 is 34.0. The van der Waals surface area contributed by atoms with Gasteiger partial charge in [-0.25, -0.2) is 8.42 Å². The molecule has 0 aliphatic rings. The molecule has 0 fully saturated rings. The molecular weight excluding hydrogens is 388 g/mol. The van der Waals surface area contributed by atoms with Gasteiger partial charge in [-0.1, -0.05) is 37.3 Å². The van der Waals surface area contributed by atoms with Crippen molar-refractivity contribution in [3.63, 3.8) is 0 Å². The van der Waals surface area contributed by atoms with Crippen LogP contribution in [-0.4, -0.2) is 33.0 Å². The van der Waals surface area contributed by atoms with Crippen LogP contribution in [0.4, 0.5) is 0 Å². The maximum absolute atomic E-state index is 13.0. The summed E-state index contributed by atoms with van der Waals surface area (Å²) in [6.07, 6.45) is 1.02. The summed E-state index contributed by atoms with van der Waals surface area (Å²) in [6, 6.07) is 13.1. The zero-order valence-electron chi connectivity index (χ0n) is 17.4. The molecule has 158 valence electrons. The normalized spacial score (nSPS) is 13.5. The molecule has 29 heavy (non-hydrogen) atoms. The Kier molecular flexibility index (Phi) is 8.22. The number of rotatable bonds is 10. The number of amides is 1. The van der Waals surface area contributed by atoms with Crippen molar-refractivity contribution in [2.75, 3.05) is 6.61 Å². The van der Waals surface area contributed by atoms with Gasteiger partial charge < -0.3 is 10.1 Å². The molecule has 0 saturated carbocycles. The predicted octanol–water partition coefficient (Wildman–Crippen LogP) is 3.20. The Morgan fingerprint density at radius 1 is 1.10 bits per heavy atom. The van der Waals surface area contributed by atoms with Crippen LogP contribution in [0.5, 0.6) is 5.75 Å². The number of sulfonamides is 1. The van der Waals surface area contributed by atoms with Gasteiger partial charge in [-0.15, -0.1) is 0 Å². The van der Waals surface area contributed by atoms with Crippen molar-refractivity contribution in [2.24, 2.45) is 0 Å². The van der Waals surface area contributed by atoms with Crippen LogP contribution >= 0.6 is 0 Å². The third-order valence-electron chi connectivity index (χ3n) is 4.65. The van der Waals surface area contributed by atoms with E-state index in [-0.39, 0.29) is 23.3 Å². The quantitative estimate of drug-likeness (QED) is 0.621. The van der Waals surface area contributed by atoms with E-state index < -0.39 is 16.1 Å². The van der Waals surface area contributed by atoms with Crippen molar-refractivity contribution >= 4 is 15.9 Å². The summed E-state index contributed by atoms with van der Waals surface area (Å²) in [5.74, 6) is 0.302. The Bertz CT molecular complexity index is 914. The molecule has 2 aromatic rings. The molecule has 0 aliphatic carbocycles. The summed E-state index contributed by atoms with van der Waals surface area (Å²) >= 11 is 0. The Balaban J connectivity index is 2.28. The molecule has 2 atom stereocenters. The van der Waals surface area contributed by atoms with Crippen LogP contribution in [0, 0.1) is 6.92 Å². The molecule has 0 unspecified atom stereocenters. The maximum atomic E-state index is 13.0. The first-order valence-electron chi connectivity index (χ1n) is 9.86. The van der Waals surface area contributed by atoms with Crippen molar-refractivity contribution in [3.05, 3.63) is 59.7 Å². The SMILES string of the molecule is CCOc1ccc(S(=O)(=O)N[C@H](Cc2ccccc2)C(=O)N[C@@H](C)CC)cc1C. The number of benzene rings is 2. The zero-order valence-corrected chi connectivity index (χ0v) is 18.3. The Morgan fingerprint density at radius 3 is 2.38 bits per heavy atom. The number of hydrogen-bond donors (Lipinski definition) is 2. The lowest BCUT2D eigenvalue weighted by molar-refractivity contribution is -0.123. The predicted molar refractivity (Wildman–Crippen MR) is 114 cm³/mol. The van der Waals surface area contributed by atoms with Gasteiger partial charge in [-0.3, -0.25) is 4.79 Å². The van der Waals surface area contributed by atoms with Gasteiger partial charge in [0, 0.05) is 6.04 Å². The highest BCUT2D eigenvalue weighted by molar-refractivity contribution is 7.89. The van der Waals surface area contributed by atoms with Crippen LogP contribution in [0.3, 0.4) is 0 Å². The molecule has 0 saturated heterocycles. The average molecular weight is 419 g/mol. The van der Waals surface area contributed by atoms with Crippen LogP contribution in [0.1, 0.15) is 38.3 Å². The van der Waals surface area contributed by atoms with Gasteiger partial charge in [0.1, 0.15) is 11.8 Å². The first-order chi connectivity index (χ1) is 13.8. The molecule has 0 heterocycles. The Morgan fingerprint density at radius 2 is 1.79 bits per heavy atom. The van der Waals surface area contributed by atoms with Crippen LogP contribution in [0.15, 0.2) is 53.4 Å². The lowest BCUT2D eigenvalue weighted by Gasteiger charge is -2.21. The van der Waals surface area contributed by atoms with E-state index in [1.807, 2.05) is 51.1 Å². The fourth-order valence-corrected chi connectivity index (χ4v) is 4.13. The highest BCUT2D eigenvalue weighted by Gasteiger charge is 2.27. The molecule has 2 N–H and O–H groups in total. The van der Waals surface area contributed by atoms with E-state index in [0.717, 1.165) is 17.5 Å². The number of nitrogens with one attached hydrogen (secondary N) is 2. The fraction of sp³-hybridized carbons (Fsp3) is 0.409. The number of carbonyl (C=O) groups is 1. The molecule has 0 aliphatic heterocycles. The van der Waals surface area contributed by atoms with E-state index in [0.29, 0.717) is 12.4 Å². The molecule has 1 amide bonds. The van der Waals surface area contributed by atoms with Crippen molar-refractivity contribution in [1.29, 1.82) is 0 Å². The highest BCUT2D eigenvalue weighted by atomic mass is 32.2. The molecule has 0 spiro atoms. The first-order valence-corrected chi connectivity index (χ1v) is 11.3. The van der Waals surface area contributed by atoms with Crippen LogP contribution < -0.4 is 14.8 Å². The molecule has 2 rings (SSSR count). The second kappa shape index (κ2) is 10.4. The summed E-state index contributed by atoms with van der Waals surface area (Å²) in [5, 5.41) is 2.88. The molecule has 2 aromatic carbocycles. The molecule has 0 bridgehead atoms. The molecule has 6 nitrogen and oxygen atoms in total. The molecule has 0 aromatic heterocycles. The van der Waals surface area contributed by atoms with E-state index in [4.69, 9.17) is 4.74 Å². The Hall–Kier alpha value is -2.38. The third-order valence-corrected chi connectivity index (χ3v) is 6.12. The maximum Gasteiger partial charge on any atom is 0.241 e. The minimum atomic E-state index is -3.89. The van der Waals surface area contributed by atoms with Crippen molar-refractivity contribution in [3.8, 4) is 5.75 Å². The summed E-state index contributed by atoms with van der Waals surface area (Å²) in [7, 11) is -3.89. The number of carbonyl (C=O) groups excluding carboxylic acids is 1. The summed E-state index contributed by atoms with van der Waals surface area (Å²) in [6.45, 7) is 8.02. The van der Waals surface area contributed by atoms with Gasteiger partial charge in [0.05, 0.1) is 11.5 Å². The van der Waals surface area contributed by atoms with Crippen molar-refractivity contribution < 1.29 is 17.9 Å². The lowest BCUT2D eigenvalue weighted by Crippen LogP contribution is -2.50. The van der Waals surface area contributed by atoms with E-state index >= 15 is 0 Å². The summed E-state index contributed by atoms with van der Waals surface area (Å²) in [5.41, 5.74) is 1.60. The topological polar surface area (TPSA) is 84.5 Å². The van der Waals surface area contributed by atoms with Crippen LogP contribution in [0.2, 0.25) is 0 Å². The van der Waals surface area contributed by atoms with Crippen molar-refractivity contribution in [2.45, 2.75) is 57.5 Å². The van der Waals surface area contributed by atoms with Crippen LogP contribution in [-0.2, 0) is 21.2 Å². The average Bonchev–Trinajstić information content (AvgIpc) is 2.69. The van der Waals surface area contributed by atoms with Crippen molar-refractivity contribution in [1.82, 2.24) is 10.0 Å². The van der Waals surface area contributed by atoms with Gasteiger partial charge in [0.15, 0.2) is 0 Å².